The Labute approximate surface area is 193 Å². The Morgan fingerprint density at radius 2 is 1.28 bits per heavy atom. The third-order valence-corrected chi connectivity index (χ3v) is 6.30. The molecule has 2 aliphatic heterocycles. The largest absolute Gasteiger partial charge is 0.454 e. The molecule has 6 nitrogen and oxygen atoms in total. The van der Waals surface area contributed by atoms with E-state index in [9.17, 15) is 0 Å². The number of fused-ring (bicyclic) bond motifs is 2. The second-order valence-electron chi connectivity index (χ2n) is 7.46. The van der Waals surface area contributed by atoms with Crippen LogP contribution in [-0.4, -0.2) is 23.1 Å². The van der Waals surface area contributed by atoms with Crippen LogP contribution in [-0.2, 0) is 7.05 Å². The zero-order valence-corrected chi connectivity index (χ0v) is 18.4. The van der Waals surface area contributed by atoms with Gasteiger partial charge in [-0.2, -0.15) is 0 Å². The molecule has 2 aliphatic rings. The standard InChI is InChI=1S/C24H16Cl2N2O4/c1-28-23(14-4-7-19-21(10-14)32-12-30-19)22(13-3-6-18-20(9-13)31-11-29-18)27-24(28)15-2-5-16(25)17(26)8-15/h2-10H,11-12H2,1H3. The molecule has 0 N–H and O–H groups in total. The molecule has 0 amide bonds. The van der Waals surface area contributed by atoms with E-state index in [1.165, 1.54) is 0 Å². The molecule has 3 heterocycles. The van der Waals surface area contributed by atoms with Crippen molar-refractivity contribution in [2.45, 2.75) is 0 Å². The van der Waals surface area contributed by atoms with Gasteiger partial charge in [-0.05, 0) is 54.6 Å². The number of nitrogens with zero attached hydrogens (tertiary/aromatic N) is 2. The van der Waals surface area contributed by atoms with E-state index in [4.69, 9.17) is 47.1 Å². The SMILES string of the molecule is Cn1c(-c2ccc(Cl)c(Cl)c2)nc(-c2ccc3c(c2)OCO3)c1-c1ccc2c(c1)OCO2. The molecule has 0 bridgehead atoms. The lowest BCUT2D eigenvalue weighted by Gasteiger charge is -2.10. The minimum Gasteiger partial charge on any atom is -0.454 e. The second kappa shape index (κ2) is 7.36. The molecule has 6 rings (SSSR count). The summed E-state index contributed by atoms with van der Waals surface area (Å²) in [6, 6.07) is 17.2. The van der Waals surface area contributed by atoms with Crippen molar-refractivity contribution in [1.29, 1.82) is 0 Å². The van der Waals surface area contributed by atoms with Gasteiger partial charge in [0.1, 0.15) is 5.82 Å². The summed E-state index contributed by atoms with van der Waals surface area (Å²) in [7, 11) is 1.97. The third-order valence-electron chi connectivity index (χ3n) is 5.56. The fraction of sp³-hybridized carbons (Fsp3) is 0.125. The van der Waals surface area contributed by atoms with E-state index < -0.39 is 0 Å². The maximum absolute atomic E-state index is 6.29. The van der Waals surface area contributed by atoms with Gasteiger partial charge < -0.3 is 23.5 Å². The Hall–Kier alpha value is -3.35. The molecule has 8 heteroatoms. The number of rotatable bonds is 3. The van der Waals surface area contributed by atoms with Crippen LogP contribution < -0.4 is 18.9 Å². The summed E-state index contributed by atoms with van der Waals surface area (Å²) in [5, 5.41) is 0.970. The van der Waals surface area contributed by atoms with Crippen molar-refractivity contribution in [3.63, 3.8) is 0 Å². The molecular formula is C24H16Cl2N2O4. The maximum atomic E-state index is 6.29. The van der Waals surface area contributed by atoms with Gasteiger partial charge in [-0.25, -0.2) is 4.98 Å². The summed E-state index contributed by atoms with van der Waals surface area (Å²) in [6.07, 6.45) is 0. The lowest BCUT2D eigenvalue weighted by atomic mass is 10.0. The van der Waals surface area contributed by atoms with Crippen LogP contribution in [0, 0.1) is 0 Å². The smallest absolute Gasteiger partial charge is 0.231 e. The fourth-order valence-electron chi connectivity index (χ4n) is 4.01. The Morgan fingerprint density at radius 1 is 0.688 bits per heavy atom. The van der Waals surface area contributed by atoms with Gasteiger partial charge in [0.2, 0.25) is 13.6 Å². The summed E-state index contributed by atoms with van der Waals surface area (Å²) in [5.74, 6) is 3.60. The number of hydrogen-bond donors (Lipinski definition) is 0. The highest BCUT2D eigenvalue weighted by molar-refractivity contribution is 6.42. The van der Waals surface area contributed by atoms with Gasteiger partial charge in [-0.15, -0.1) is 0 Å². The van der Waals surface area contributed by atoms with Crippen LogP contribution in [0.25, 0.3) is 33.9 Å². The highest BCUT2D eigenvalue weighted by atomic mass is 35.5. The van der Waals surface area contributed by atoms with Gasteiger partial charge in [0.05, 0.1) is 21.4 Å². The van der Waals surface area contributed by atoms with Crippen molar-refractivity contribution < 1.29 is 18.9 Å². The Morgan fingerprint density at radius 3 is 1.97 bits per heavy atom. The number of ether oxygens (including phenoxy) is 4. The Balaban J connectivity index is 1.57. The molecule has 0 spiro atoms. The van der Waals surface area contributed by atoms with Crippen molar-refractivity contribution >= 4 is 23.2 Å². The summed E-state index contributed by atoms with van der Waals surface area (Å²) >= 11 is 12.4. The molecule has 0 saturated carbocycles. The van der Waals surface area contributed by atoms with Crippen molar-refractivity contribution in [2.75, 3.05) is 13.6 Å². The van der Waals surface area contributed by atoms with E-state index in [0.29, 0.717) is 21.5 Å². The first-order valence-corrected chi connectivity index (χ1v) is 10.7. The van der Waals surface area contributed by atoms with Crippen LogP contribution in [0.5, 0.6) is 23.0 Å². The van der Waals surface area contributed by atoms with E-state index in [1.54, 1.807) is 6.07 Å². The average molecular weight is 467 g/mol. The van der Waals surface area contributed by atoms with Crippen LogP contribution in [0.15, 0.2) is 54.6 Å². The van der Waals surface area contributed by atoms with E-state index in [-0.39, 0.29) is 13.6 Å². The molecule has 0 saturated heterocycles. The van der Waals surface area contributed by atoms with Crippen LogP contribution in [0.3, 0.4) is 0 Å². The van der Waals surface area contributed by atoms with Gasteiger partial charge in [0.25, 0.3) is 0 Å². The molecule has 0 atom stereocenters. The monoisotopic (exact) mass is 466 g/mol. The van der Waals surface area contributed by atoms with Gasteiger partial charge in [-0.3, -0.25) is 0 Å². The topological polar surface area (TPSA) is 54.7 Å². The number of imidazole rings is 1. The lowest BCUT2D eigenvalue weighted by molar-refractivity contribution is 0.173. The van der Waals surface area contributed by atoms with E-state index in [1.807, 2.05) is 60.1 Å². The van der Waals surface area contributed by atoms with Crippen molar-refractivity contribution in [3.05, 3.63) is 64.6 Å². The zero-order chi connectivity index (χ0) is 21.8. The maximum Gasteiger partial charge on any atom is 0.231 e. The lowest BCUT2D eigenvalue weighted by Crippen LogP contribution is -1.96. The van der Waals surface area contributed by atoms with E-state index in [2.05, 4.69) is 0 Å². The molecule has 0 unspecified atom stereocenters. The molecule has 4 aromatic rings. The predicted octanol–water partition coefficient (Wildman–Crippen LogP) is 6.19. The second-order valence-corrected chi connectivity index (χ2v) is 8.27. The molecule has 0 fully saturated rings. The third kappa shape index (κ3) is 3.06. The molecule has 0 radical (unpaired) electrons. The Bertz CT molecular complexity index is 1380. The number of hydrogen-bond acceptors (Lipinski definition) is 5. The van der Waals surface area contributed by atoms with Gasteiger partial charge in [-0.1, -0.05) is 23.2 Å². The van der Waals surface area contributed by atoms with Crippen LogP contribution in [0.1, 0.15) is 0 Å². The highest BCUT2D eigenvalue weighted by Crippen LogP contribution is 2.43. The summed E-state index contributed by atoms with van der Waals surface area (Å²) < 4.78 is 24.2. The normalized spacial score (nSPS) is 13.6. The quantitative estimate of drug-likeness (QED) is 0.360. The van der Waals surface area contributed by atoms with Gasteiger partial charge in [0.15, 0.2) is 23.0 Å². The van der Waals surface area contributed by atoms with E-state index >= 15 is 0 Å². The first-order chi connectivity index (χ1) is 15.6. The average Bonchev–Trinajstić information content (AvgIpc) is 3.52. The van der Waals surface area contributed by atoms with E-state index in [0.717, 1.165) is 45.4 Å². The predicted molar refractivity (Wildman–Crippen MR) is 122 cm³/mol. The summed E-state index contributed by atoms with van der Waals surface area (Å²) in [4.78, 5) is 5.01. The number of halogens is 2. The van der Waals surface area contributed by atoms with Crippen LogP contribution >= 0.6 is 23.2 Å². The minimum atomic E-state index is 0.213. The molecule has 160 valence electrons. The van der Waals surface area contributed by atoms with Gasteiger partial charge >= 0.3 is 0 Å². The summed E-state index contributed by atoms with van der Waals surface area (Å²) in [6.45, 7) is 0.429. The Kier molecular flexibility index (Phi) is 4.45. The molecule has 1 aromatic heterocycles. The zero-order valence-electron chi connectivity index (χ0n) is 16.9. The van der Waals surface area contributed by atoms with Crippen molar-refractivity contribution in [3.8, 4) is 56.9 Å². The molecule has 0 aliphatic carbocycles. The first-order valence-electron chi connectivity index (χ1n) is 9.90. The minimum absolute atomic E-state index is 0.213. The fourth-order valence-corrected chi connectivity index (χ4v) is 4.31. The van der Waals surface area contributed by atoms with Crippen LogP contribution in [0.2, 0.25) is 10.0 Å². The molecule has 32 heavy (non-hydrogen) atoms. The summed E-state index contributed by atoms with van der Waals surface area (Å²) in [5.41, 5.74) is 4.43. The van der Waals surface area contributed by atoms with Gasteiger partial charge in [0, 0.05) is 23.7 Å². The van der Waals surface area contributed by atoms with Crippen molar-refractivity contribution in [2.24, 2.45) is 7.05 Å². The first kappa shape index (κ1) is 19.3. The van der Waals surface area contributed by atoms with Crippen molar-refractivity contribution in [1.82, 2.24) is 9.55 Å². The molecule has 3 aromatic carbocycles. The molecular weight excluding hydrogens is 451 g/mol. The number of aromatic nitrogens is 2. The highest BCUT2D eigenvalue weighted by Gasteiger charge is 2.24. The van der Waals surface area contributed by atoms with Crippen LogP contribution in [0.4, 0.5) is 0 Å². The number of benzene rings is 3.